The van der Waals surface area contributed by atoms with Crippen LogP contribution >= 0.6 is 0 Å². The number of nitrogens with one attached hydrogen (secondary N) is 1. The molecule has 0 fully saturated rings. The Balaban J connectivity index is 2.05. The summed E-state index contributed by atoms with van der Waals surface area (Å²) < 4.78 is 5.79. The molecule has 0 aliphatic carbocycles. The number of benzene rings is 1. The van der Waals surface area contributed by atoms with Crippen LogP contribution in [0.5, 0.6) is 0 Å². The maximum atomic E-state index is 5.79. The number of furan rings is 1. The van der Waals surface area contributed by atoms with Gasteiger partial charge in [0.05, 0.1) is 0 Å². The van der Waals surface area contributed by atoms with Crippen LogP contribution in [0.25, 0.3) is 11.0 Å². The van der Waals surface area contributed by atoms with Crippen molar-refractivity contribution in [3.05, 3.63) is 35.6 Å². The van der Waals surface area contributed by atoms with E-state index in [2.05, 4.69) is 38.2 Å². The van der Waals surface area contributed by atoms with Crippen LogP contribution in [0.4, 0.5) is 0 Å². The average molecular weight is 245 g/mol. The van der Waals surface area contributed by atoms with Crippen molar-refractivity contribution in [2.24, 2.45) is 0 Å². The molecule has 2 rings (SSSR count). The van der Waals surface area contributed by atoms with E-state index < -0.39 is 0 Å². The smallest absolute Gasteiger partial charge is 0.134 e. The van der Waals surface area contributed by atoms with Gasteiger partial charge in [0.2, 0.25) is 0 Å². The number of hydrogen-bond acceptors (Lipinski definition) is 2. The second-order valence-electron chi connectivity index (χ2n) is 5.03. The van der Waals surface area contributed by atoms with Crippen molar-refractivity contribution in [3.63, 3.8) is 0 Å². The minimum Gasteiger partial charge on any atom is -0.461 e. The summed E-state index contributed by atoms with van der Waals surface area (Å²) in [5.41, 5.74) is 2.38. The Labute approximate surface area is 109 Å². The average Bonchev–Trinajstić information content (AvgIpc) is 2.69. The molecular weight excluding hydrogens is 222 g/mol. The Morgan fingerprint density at radius 2 is 2.06 bits per heavy atom. The van der Waals surface area contributed by atoms with Gasteiger partial charge in [0.15, 0.2) is 0 Å². The standard InChI is InChI=1S/C16H23NO/c1-4-11-17-12(2)9-10-14-13(3)18-16-8-6-5-7-15(14)16/h5-8,12,17H,4,9-11H2,1-3H3. The van der Waals surface area contributed by atoms with E-state index in [4.69, 9.17) is 4.42 Å². The Morgan fingerprint density at radius 1 is 1.28 bits per heavy atom. The van der Waals surface area contributed by atoms with E-state index in [-0.39, 0.29) is 0 Å². The van der Waals surface area contributed by atoms with E-state index in [1.54, 1.807) is 0 Å². The molecule has 2 aromatic rings. The summed E-state index contributed by atoms with van der Waals surface area (Å²) in [6, 6.07) is 8.88. The number of fused-ring (bicyclic) bond motifs is 1. The molecule has 1 heterocycles. The van der Waals surface area contributed by atoms with E-state index in [0.717, 1.165) is 30.7 Å². The molecule has 1 aromatic heterocycles. The molecule has 0 bridgehead atoms. The lowest BCUT2D eigenvalue weighted by atomic mass is 10.0. The minimum atomic E-state index is 0.568. The highest BCUT2D eigenvalue weighted by Gasteiger charge is 2.11. The molecule has 2 heteroatoms. The molecule has 0 saturated heterocycles. The third-order valence-electron chi connectivity index (χ3n) is 3.47. The van der Waals surface area contributed by atoms with Gasteiger partial charge in [-0.3, -0.25) is 0 Å². The van der Waals surface area contributed by atoms with Gasteiger partial charge in [0, 0.05) is 17.0 Å². The quantitative estimate of drug-likeness (QED) is 0.830. The molecule has 1 unspecified atom stereocenters. The SMILES string of the molecule is CCCNC(C)CCc1c(C)oc2ccccc12. The second-order valence-corrected chi connectivity index (χ2v) is 5.03. The number of rotatable bonds is 6. The molecule has 0 aliphatic heterocycles. The molecule has 98 valence electrons. The van der Waals surface area contributed by atoms with Crippen molar-refractivity contribution >= 4 is 11.0 Å². The predicted molar refractivity (Wildman–Crippen MR) is 77.0 cm³/mol. The number of hydrogen-bond donors (Lipinski definition) is 1. The summed E-state index contributed by atoms with van der Waals surface area (Å²) in [6.07, 6.45) is 3.43. The van der Waals surface area contributed by atoms with Gasteiger partial charge in [0.1, 0.15) is 11.3 Å². The van der Waals surface area contributed by atoms with Crippen LogP contribution in [-0.2, 0) is 6.42 Å². The van der Waals surface area contributed by atoms with Gasteiger partial charge in [0.25, 0.3) is 0 Å². The molecule has 0 aliphatic rings. The third-order valence-corrected chi connectivity index (χ3v) is 3.47. The monoisotopic (exact) mass is 245 g/mol. The van der Waals surface area contributed by atoms with Crippen molar-refractivity contribution in [1.29, 1.82) is 0 Å². The molecule has 0 spiro atoms. The highest BCUT2D eigenvalue weighted by atomic mass is 16.3. The van der Waals surface area contributed by atoms with E-state index in [1.165, 1.54) is 17.4 Å². The molecule has 1 atom stereocenters. The Morgan fingerprint density at radius 3 is 2.83 bits per heavy atom. The van der Waals surface area contributed by atoms with Gasteiger partial charge in [-0.25, -0.2) is 0 Å². The Bertz CT molecular complexity index is 501. The lowest BCUT2D eigenvalue weighted by molar-refractivity contribution is 0.509. The summed E-state index contributed by atoms with van der Waals surface area (Å²) in [6.45, 7) is 7.63. The molecular formula is C16H23NO. The summed E-state index contributed by atoms with van der Waals surface area (Å²) in [5, 5.41) is 4.81. The zero-order valence-corrected chi connectivity index (χ0v) is 11.6. The number of para-hydroxylation sites is 1. The fraction of sp³-hybridized carbons (Fsp3) is 0.500. The Hall–Kier alpha value is -1.28. The highest BCUT2D eigenvalue weighted by molar-refractivity contribution is 5.82. The van der Waals surface area contributed by atoms with Crippen LogP contribution in [-0.4, -0.2) is 12.6 Å². The van der Waals surface area contributed by atoms with Crippen LogP contribution in [0.1, 0.15) is 38.0 Å². The highest BCUT2D eigenvalue weighted by Crippen LogP contribution is 2.26. The molecule has 1 aromatic carbocycles. The molecule has 0 radical (unpaired) electrons. The lowest BCUT2D eigenvalue weighted by Crippen LogP contribution is -2.27. The van der Waals surface area contributed by atoms with Crippen LogP contribution in [0.2, 0.25) is 0 Å². The first-order valence-corrected chi connectivity index (χ1v) is 6.92. The van der Waals surface area contributed by atoms with Crippen molar-refractivity contribution in [1.82, 2.24) is 5.32 Å². The fourth-order valence-electron chi connectivity index (χ4n) is 2.39. The van der Waals surface area contributed by atoms with Gasteiger partial charge in [-0.15, -0.1) is 0 Å². The fourth-order valence-corrected chi connectivity index (χ4v) is 2.39. The number of aryl methyl sites for hydroxylation is 2. The third kappa shape index (κ3) is 2.94. The minimum absolute atomic E-state index is 0.568. The van der Waals surface area contributed by atoms with Gasteiger partial charge in [-0.1, -0.05) is 25.1 Å². The summed E-state index contributed by atoms with van der Waals surface area (Å²) >= 11 is 0. The summed E-state index contributed by atoms with van der Waals surface area (Å²) in [5.74, 6) is 1.07. The normalized spacial score (nSPS) is 13.1. The van der Waals surface area contributed by atoms with Gasteiger partial charge in [-0.2, -0.15) is 0 Å². The maximum absolute atomic E-state index is 5.79. The van der Waals surface area contributed by atoms with E-state index in [0.29, 0.717) is 6.04 Å². The van der Waals surface area contributed by atoms with Crippen molar-refractivity contribution < 1.29 is 4.42 Å². The first kappa shape index (κ1) is 13.2. The summed E-state index contributed by atoms with van der Waals surface area (Å²) in [4.78, 5) is 0. The molecule has 0 amide bonds. The largest absolute Gasteiger partial charge is 0.461 e. The van der Waals surface area contributed by atoms with Crippen LogP contribution in [0.3, 0.4) is 0 Å². The van der Waals surface area contributed by atoms with Gasteiger partial charge >= 0.3 is 0 Å². The van der Waals surface area contributed by atoms with E-state index >= 15 is 0 Å². The Kier molecular flexibility index (Phi) is 4.43. The van der Waals surface area contributed by atoms with Crippen molar-refractivity contribution in [3.8, 4) is 0 Å². The van der Waals surface area contributed by atoms with E-state index in [1.807, 2.05) is 12.1 Å². The van der Waals surface area contributed by atoms with Gasteiger partial charge < -0.3 is 9.73 Å². The van der Waals surface area contributed by atoms with Crippen molar-refractivity contribution in [2.45, 2.75) is 46.1 Å². The molecule has 18 heavy (non-hydrogen) atoms. The zero-order valence-electron chi connectivity index (χ0n) is 11.6. The molecule has 1 N–H and O–H groups in total. The first-order valence-electron chi connectivity index (χ1n) is 6.92. The van der Waals surface area contributed by atoms with Crippen LogP contribution in [0, 0.1) is 6.92 Å². The van der Waals surface area contributed by atoms with Crippen LogP contribution < -0.4 is 5.32 Å². The predicted octanol–water partition coefficient (Wildman–Crippen LogP) is 4.06. The van der Waals surface area contributed by atoms with Crippen molar-refractivity contribution in [2.75, 3.05) is 6.54 Å². The van der Waals surface area contributed by atoms with Gasteiger partial charge in [-0.05, 0) is 45.7 Å². The maximum Gasteiger partial charge on any atom is 0.134 e. The summed E-state index contributed by atoms with van der Waals surface area (Å²) in [7, 11) is 0. The topological polar surface area (TPSA) is 25.2 Å². The van der Waals surface area contributed by atoms with Crippen LogP contribution in [0.15, 0.2) is 28.7 Å². The lowest BCUT2D eigenvalue weighted by Gasteiger charge is -2.12. The first-order chi connectivity index (χ1) is 8.72. The molecule has 2 nitrogen and oxygen atoms in total. The molecule has 0 saturated carbocycles. The van der Waals surface area contributed by atoms with E-state index in [9.17, 15) is 0 Å². The second kappa shape index (κ2) is 6.05. The zero-order chi connectivity index (χ0) is 13.0.